The number of ketones is 2. The van der Waals surface area contributed by atoms with Crippen LogP contribution in [0.4, 0.5) is 29.2 Å². The van der Waals surface area contributed by atoms with Crippen LogP contribution in [-0.4, -0.2) is 169 Å². The van der Waals surface area contributed by atoms with Crippen molar-refractivity contribution in [1.29, 1.82) is 0 Å². The van der Waals surface area contributed by atoms with Gasteiger partial charge in [-0.15, -0.1) is 0 Å². The van der Waals surface area contributed by atoms with Crippen LogP contribution in [0.1, 0.15) is 122 Å². The Hall–Kier alpha value is -7.41. The number of carbonyl (C=O) groups excluding carboxylic acids is 6. The molecule has 24 nitrogen and oxygen atoms in total. The summed E-state index contributed by atoms with van der Waals surface area (Å²) in [5.41, 5.74) is -2.87. The van der Waals surface area contributed by atoms with Gasteiger partial charge < -0.3 is 50.4 Å². The smallest absolute Gasteiger partial charge is 0.351 e. The Kier molecular flexibility index (Phi) is 24.9. The molecule has 492 valence electrons. The minimum Gasteiger partial charge on any atom is -0.394 e. The monoisotopic (exact) mass is 1290 g/mol. The fourth-order valence-corrected chi connectivity index (χ4v) is 10.6. The minimum atomic E-state index is -2.21. The van der Waals surface area contributed by atoms with E-state index < -0.39 is 114 Å². The third kappa shape index (κ3) is 16.4. The van der Waals surface area contributed by atoms with E-state index in [-0.39, 0.29) is 73.4 Å². The standard InChI is InChI=1S/C19H22FN3O3.C13H18FNO3.C11H14FNO5.C10H14FN3O4.C7H5ClO.CH4/c1-4-14-12(2)19(3,20)17(26-14)23-11-10-15(22-18(23)25)21-16(24)13-8-6-5-7-9-13;1-4-10-8(2)13(3,14)12(18-10)15-6-5-9(16)7-11(15)17;1-11(12)9(17)7(5-14)18-10(11)13-3-2-6(15)4-8(13)16;1-10(11)7(16)5(4-15)18-8(10)14-3-2-6(12)13-9(14)17;8-7(9)6-4-2-1-3-5-6;/h5-12,14,17H,4H2,1-3H3,(H,21,22,24,25);5-6,8,10,12H,4,7H2,1-3H3;2-3,7,9-10,14,17H,4-5H2,1H3;2-3,5,7-8,15-16H,4H2,1H3,(H2,12,13,17);1-5H;1H4/t12-,14-,17-,19-;8-,10-,12-,13-;7-,9-,10-,11-;5-,7-,8-,10-;;/m1111../s1. The van der Waals surface area contributed by atoms with Crippen LogP contribution >= 0.6 is 11.6 Å². The number of alkyl halides is 4. The van der Waals surface area contributed by atoms with Crippen molar-refractivity contribution in [3.8, 4) is 0 Å². The highest BCUT2D eigenvalue weighted by Gasteiger charge is 2.58. The van der Waals surface area contributed by atoms with Crippen molar-refractivity contribution in [2.75, 3.05) is 24.3 Å². The molecule has 16 atom stereocenters. The first-order valence-corrected chi connectivity index (χ1v) is 28.7. The molecule has 4 saturated heterocycles. The SMILES string of the molecule is C.CC[C@H]1O[C@@H](N2C=CC(=O)CC2=O)[C@](C)(F)[C@@H]1C.CC[C@H]1O[C@@H](n2ccc(NC(=O)c3ccccc3)nc2=O)[C@](C)(F)[C@@H]1C.C[C@@]1(F)[C@H](O)[C@@H](CO)O[C@H]1N1C=CC(=O)CC1=O.C[C@@]1(F)[C@H](O)[C@@H](CO)O[C@H]1n1ccc(N)nc1=O.O=C(Cl)c1ccccc1. The molecule has 6 aliphatic heterocycles. The van der Waals surface area contributed by atoms with Crippen molar-refractivity contribution < 1.29 is 85.7 Å². The minimum absolute atomic E-state index is 0. The van der Waals surface area contributed by atoms with Crippen LogP contribution in [-0.2, 0) is 38.1 Å². The number of rotatable bonds is 11. The van der Waals surface area contributed by atoms with Gasteiger partial charge in [-0.25, -0.2) is 27.2 Å². The largest absolute Gasteiger partial charge is 0.394 e. The van der Waals surface area contributed by atoms with E-state index >= 15 is 4.39 Å². The lowest BCUT2D eigenvalue weighted by Crippen LogP contribution is -2.51. The van der Waals surface area contributed by atoms with Crippen LogP contribution in [0.25, 0.3) is 0 Å². The number of amides is 3. The molecule has 8 heterocycles. The molecule has 0 unspecified atom stereocenters. The van der Waals surface area contributed by atoms with Gasteiger partial charge in [0.25, 0.3) is 11.1 Å². The van der Waals surface area contributed by atoms with Crippen molar-refractivity contribution in [2.24, 2.45) is 11.8 Å². The summed E-state index contributed by atoms with van der Waals surface area (Å²) in [6, 6.07) is 20.1. The normalized spacial score (nSPS) is 32.5. The van der Waals surface area contributed by atoms with E-state index in [2.05, 4.69) is 15.3 Å². The number of nitrogen functional groups attached to an aromatic ring is 1. The molecule has 0 spiro atoms. The number of aromatic nitrogens is 4. The summed E-state index contributed by atoms with van der Waals surface area (Å²) in [4.78, 5) is 102. The number of hydrogen-bond acceptors (Lipinski definition) is 19. The molecule has 7 N–H and O–H groups in total. The van der Waals surface area contributed by atoms with Gasteiger partial charge >= 0.3 is 11.4 Å². The Morgan fingerprint density at radius 3 is 1.37 bits per heavy atom. The molecule has 2 aromatic heterocycles. The first-order chi connectivity index (χ1) is 41.8. The fourth-order valence-electron chi connectivity index (χ4n) is 10.4. The van der Waals surface area contributed by atoms with Gasteiger partial charge in [-0.1, -0.05) is 83.7 Å². The maximum Gasteiger partial charge on any atom is 0.351 e. The average molecular weight is 1290 g/mol. The number of benzene rings is 2. The Morgan fingerprint density at radius 2 is 0.978 bits per heavy atom. The van der Waals surface area contributed by atoms with Gasteiger partial charge in [0.2, 0.25) is 11.8 Å². The van der Waals surface area contributed by atoms with Crippen LogP contribution in [0, 0.1) is 11.8 Å². The zero-order chi connectivity index (χ0) is 66.1. The number of aliphatic hydroxyl groups excluding tert-OH is 4. The molecule has 4 fully saturated rings. The third-order valence-corrected chi connectivity index (χ3v) is 16.3. The van der Waals surface area contributed by atoms with Gasteiger partial charge in [0, 0.05) is 47.8 Å². The van der Waals surface area contributed by atoms with Gasteiger partial charge in [-0.05, 0) is 88.6 Å². The van der Waals surface area contributed by atoms with E-state index in [1.54, 1.807) is 68.4 Å². The van der Waals surface area contributed by atoms with E-state index in [4.69, 9.17) is 46.5 Å². The molecular weight excluding hydrogens is 1210 g/mol. The zero-order valence-corrected chi connectivity index (χ0v) is 50.7. The van der Waals surface area contributed by atoms with Crippen molar-refractivity contribution in [3.05, 3.63) is 142 Å². The quantitative estimate of drug-likeness (QED) is 0.0606. The number of nitrogens with two attached hydrogens (primary N) is 1. The molecule has 29 heteroatoms. The average Bonchev–Trinajstić information content (AvgIpc) is 1.66. The summed E-state index contributed by atoms with van der Waals surface area (Å²) in [6.07, 6.45) is -2.04. The van der Waals surface area contributed by atoms with Crippen LogP contribution in [0.2, 0.25) is 0 Å². The first kappa shape index (κ1) is 73.3. The molecule has 6 aliphatic rings. The summed E-state index contributed by atoms with van der Waals surface area (Å²) in [7, 11) is 0. The van der Waals surface area contributed by atoms with Gasteiger partial charge in [0.05, 0.1) is 38.3 Å². The first-order valence-electron chi connectivity index (χ1n) is 28.3. The lowest BCUT2D eigenvalue weighted by atomic mass is 9.88. The van der Waals surface area contributed by atoms with Crippen molar-refractivity contribution >= 4 is 57.8 Å². The maximum absolute atomic E-state index is 15.1. The molecule has 0 saturated carbocycles. The van der Waals surface area contributed by atoms with Gasteiger partial charge in [-0.3, -0.25) is 47.7 Å². The molecule has 4 aromatic rings. The zero-order valence-electron chi connectivity index (χ0n) is 49.9. The number of nitrogens with zero attached hydrogens (tertiary/aromatic N) is 6. The van der Waals surface area contributed by atoms with E-state index in [1.807, 2.05) is 19.9 Å². The lowest BCUT2D eigenvalue weighted by Gasteiger charge is -2.33. The fraction of sp³-hybridized carbons (Fsp3) is 0.508. The highest BCUT2D eigenvalue weighted by Crippen LogP contribution is 2.46. The van der Waals surface area contributed by atoms with E-state index in [1.165, 1.54) is 55.5 Å². The van der Waals surface area contributed by atoms with Crippen LogP contribution in [0.5, 0.6) is 0 Å². The number of ether oxygens (including phenoxy) is 4. The molecule has 10 rings (SSSR count). The number of allylic oxidation sites excluding steroid dienone is 2. The summed E-state index contributed by atoms with van der Waals surface area (Å²) >= 11 is 5.16. The molecular formula is C61H77ClF4N8O16. The van der Waals surface area contributed by atoms with E-state index in [0.29, 0.717) is 24.0 Å². The van der Waals surface area contributed by atoms with Crippen LogP contribution < -0.4 is 22.4 Å². The topological polar surface area (TPSA) is 335 Å². The molecule has 0 aliphatic carbocycles. The van der Waals surface area contributed by atoms with Crippen LogP contribution in [0.15, 0.2) is 119 Å². The number of anilines is 2. The Labute approximate surface area is 521 Å². The number of carbonyl (C=O) groups is 6. The van der Waals surface area contributed by atoms with Crippen molar-refractivity contribution in [3.63, 3.8) is 0 Å². The second-order valence-corrected chi connectivity index (χ2v) is 22.7. The number of nitrogens with one attached hydrogen (secondary N) is 1. The Balaban J connectivity index is 0.000000210. The highest BCUT2D eigenvalue weighted by molar-refractivity contribution is 6.67. The highest BCUT2D eigenvalue weighted by atomic mass is 35.5. The number of halogens is 5. The summed E-state index contributed by atoms with van der Waals surface area (Å²) in [5.74, 6) is -2.50. The predicted molar refractivity (Wildman–Crippen MR) is 319 cm³/mol. The van der Waals surface area contributed by atoms with E-state index in [0.717, 1.165) is 40.2 Å². The van der Waals surface area contributed by atoms with Crippen LogP contribution in [0.3, 0.4) is 0 Å². The maximum atomic E-state index is 15.1. The summed E-state index contributed by atoms with van der Waals surface area (Å²) < 4.78 is 82.3. The second kappa shape index (κ2) is 30.6. The molecule has 0 radical (unpaired) electrons. The molecule has 3 amide bonds. The molecule has 0 bridgehead atoms. The lowest BCUT2D eigenvalue weighted by molar-refractivity contribution is -0.151. The molecule has 2 aromatic carbocycles. The Morgan fingerprint density at radius 1 is 0.600 bits per heavy atom. The second-order valence-electron chi connectivity index (χ2n) is 22.4. The summed E-state index contributed by atoms with van der Waals surface area (Å²) in [5, 5.41) is 39.4. The molecule has 90 heavy (non-hydrogen) atoms. The van der Waals surface area contributed by atoms with Gasteiger partial charge in [0.1, 0.15) is 36.1 Å². The van der Waals surface area contributed by atoms with Gasteiger partial charge in [-0.2, -0.15) is 9.97 Å². The van der Waals surface area contributed by atoms with Gasteiger partial charge in [0.15, 0.2) is 59.2 Å². The van der Waals surface area contributed by atoms with E-state index in [9.17, 15) is 61.7 Å². The predicted octanol–water partition coefficient (Wildman–Crippen LogP) is 5.58. The third-order valence-electron chi connectivity index (χ3n) is 16.1. The number of aliphatic hydroxyl groups is 4. The van der Waals surface area contributed by atoms with Crippen molar-refractivity contribution in [2.45, 2.75) is 173 Å². The number of hydrogen-bond donors (Lipinski definition) is 6. The summed E-state index contributed by atoms with van der Waals surface area (Å²) in [6.45, 7) is 11.4. The van der Waals surface area contributed by atoms with Crippen molar-refractivity contribution in [1.82, 2.24) is 28.9 Å². The Bertz CT molecular complexity index is 3280.